The number of rotatable bonds is 4. The highest BCUT2D eigenvalue weighted by atomic mass is 16.7. The number of ether oxygens (including phenoxy) is 3. The SMILES string of the molecule is NCc1ncccc1OCc1ccc2c(c1)OCO2. The summed E-state index contributed by atoms with van der Waals surface area (Å²) in [4.78, 5) is 4.17. The summed E-state index contributed by atoms with van der Waals surface area (Å²) in [6.07, 6.45) is 1.70. The van der Waals surface area contributed by atoms with Gasteiger partial charge in [-0.1, -0.05) is 6.07 Å². The summed E-state index contributed by atoms with van der Waals surface area (Å²) >= 11 is 0. The van der Waals surface area contributed by atoms with E-state index in [1.807, 2.05) is 30.3 Å². The molecule has 0 bridgehead atoms. The van der Waals surface area contributed by atoms with Crippen LogP contribution in [0.25, 0.3) is 0 Å². The molecule has 0 saturated heterocycles. The lowest BCUT2D eigenvalue weighted by molar-refractivity contribution is 0.174. The summed E-state index contributed by atoms with van der Waals surface area (Å²) in [5.74, 6) is 2.24. The van der Waals surface area contributed by atoms with Crippen LogP contribution in [0.15, 0.2) is 36.5 Å². The van der Waals surface area contributed by atoms with Gasteiger partial charge in [-0.25, -0.2) is 0 Å². The third-order valence-corrected chi connectivity index (χ3v) is 2.87. The lowest BCUT2D eigenvalue weighted by Crippen LogP contribution is -2.04. The minimum atomic E-state index is 0.277. The number of benzene rings is 1. The number of hydrogen-bond acceptors (Lipinski definition) is 5. The van der Waals surface area contributed by atoms with E-state index in [1.54, 1.807) is 6.20 Å². The minimum Gasteiger partial charge on any atom is -0.487 e. The van der Waals surface area contributed by atoms with E-state index in [0.29, 0.717) is 18.9 Å². The van der Waals surface area contributed by atoms with Gasteiger partial charge < -0.3 is 19.9 Å². The molecule has 1 aliphatic heterocycles. The Morgan fingerprint density at radius 2 is 2.11 bits per heavy atom. The normalized spacial score (nSPS) is 12.5. The molecule has 19 heavy (non-hydrogen) atoms. The van der Waals surface area contributed by atoms with E-state index in [0.717, 1.165) is 22.8 Å². The first kappa shape index (κ1) is 11.8. The molecule has 2 heterocycles. The third-order valence-electron chi connectivity index (χ3n) is 2.87. The predicted octanol–water partition coefficient (Wildman–Crippen LogP) is 1.85. The van der Waals surface area contributed by atoms with Gasteiger partial charge in [0.05, 0.1) is 5.69 Å². The van der Waals surface area contributed by atoms with Crippen molar-refractivity contribution in [3.05, 3.63) is 47.8 Å². The molecule has 2 N–H and O–H groups in total. The van der Waals surface area contributed by atoms with Crippen LogP contribution < -0.4 is 19.9 Å². The van der Waals surface area contributed by atoms with Gasteiger partial charge >= 0.3 is 0 Å². The molecule has 0 unspecified atom stereocenters. The molecule has 5 nitrogen and oxygen atoms in total. The van der Waals surface area contributed by atoms with Gasteiger partial charge in [0.2, 0.25) is 6.79 Å². The second-order valence-electron chi connectivity index (χ2n) is 4.13. The Morgan fingerprint density at radius 1 is 1.21 bits per heavy atom. The van der Waals surface area contributed by atoms with E-state index < -0.39 is 0 Å². The average Bonchev–Trinajstić information content (AvgIpc) is 2.93. The lowest BCUT2D eigenvalue weighted by atomic mass is 10.2. The number of nitrogens with zero attached hydrogens (tertiary/aromatic N) is 1. The summed E-state index contributed by atoms with van der Waals surface area (Å²) in [7, 11) is 0. The van der Waals surface area contributed by atoms with E-state index in [9.17, 15) is 0 Å². The Hall–Kier alpha value is -2.27. The van der Waals surface area contributed by atoms with Crippen LogP contribution in [-0.2, 0) is 13.2 Å². The number of hydrogen-bond donors (Lipinski definition) is 1. The number of pyridine rings is 1. The molecule has 0 amide bonds. The van der Waals surface area contributed by atoms with Crippen LogP contribution >= 0.6 is 0 Å². The molecule has 1 aromatic carbocycles. The number of aromatic nitrogens is 1. The standard InChI is InChI=1S/C14H14N2O3/c15-7-11-12(2-1-5-16-11)17-8-10-3-4-13-14(6-10)19-9-18-13/h1-6H,7-9,15H2. The first-order chi connectivity index (χ1) is 9.36. The highest BCUT2D eigenvalue weighted by molar-refractivity contribution is 5.44. The van der Waals surface area contributed by atoms with Crippen LogP contribution in [0, 0.1) is 0 Å². The molecular formula is C14H14N2O3. The summed E-state index contributed by atoms with van der Waals surface area (Å²) < 4.78 is 16.3. The van der Waals surface area contributed by atoms with Crippen molar-refractivity contribution < 1.29 is 14.2 Å². The van der Waals surface area contributed by atoms with Crippen LogP contribution in [0.4, 0.5) is 0 Å². The van der Waals surface area contributed by atoms with Crippen molar-refractivity contribution in [2.75, 3.05) is 6.79 Å². The molecule has 1 aliphatic rings. The van der Waals surface area contributed by atoms with Crippen molar-refractivity contribution in [1.82, 2.24) is 4.98 Å². The molecule has 0 saturated carbocycles. The van der Waals surface area contributed by atoms with Crippen molar-refractivity contribution >= 4 is 0 Å². The second-order valence-corrected chi connectivity index (χ2v) is 4.13. The second kappa shape index (κ2) is 5.16. The van der Waals surface area contributed by atoms with Gasteiger partial charge in [0.15, 0.2) is 11.5 Å². The Balaban J connectivity index is 1.72. The van der Waals surface area contributed by atoms with Crippen LogP contribution in [0.2, 0.25) is 0 Å². The van der Waals surface area contributed by atoms with Gasteiger partial charge in [-0.2, -0.15) is 0 Å². The molecule has 3 rings (SSSR count). The zero-order valence-electron chi connectivity index (χ0n) is 10.3. The molecule has 5 heteroatoms. The third kappa shape index (κ3) is 2.46. The number of nitrogens with two attached hydrogens (primary N) is 1. The van der Waals surface area contributed by atoms with E-state index in [4.69, 9.17) is 19.9 Å². The Bertz CT molecular complexity index is 587. The highest BCUT2D eigenvalue weighted by Gasteiger charge is 2.13. The van der Waals surface area contributed by atoms with Crippen molar-refractivity contribution in [3.63, 3.8) is 0 Å². The average molecular weight is 258 g/mol. The maximum atomic E-state index is 5.73. The van der Waals surface area contributed by atoms with Crippen LogP contribution in [-0.4, -0.2) is 11.8 Å². The van der Waals surface area contributed by atoms with Gasteiger partial charge in [-0.3, -0.25) is 4.98 Å². The van der Waals surface area contributed by atoms with Crippen molar-refractivity contribution in [2.24, 2.45) is 5.73 Å². The Kier molecular flexibility index (Phi) is 3.20. The molecule has 0 atom stereocenters. The van der Waals surface area contributed by atoms with Gasteiger partial charge in [0.25, 0.3) is 0 Å². The molecule has 0 aliphatic carbocycles. The molecule has 1 aromatic heterocycles. The fourth-order valence-electron chi connectivity index (χ4n) is 1.90. The van der Waals surface area contributed by atoms with E-state index in [1.165, 1.54) is 0 Å². The van der Waals surface area contributed by atoms with E-state index in [2.05, 4.69) is 4.98 Å². The summed E-state index contributed by atoms with van der Waals surface area (Å²) in [6.45, 7) is 1.08. The fraction of sp³-hybridized carbons (Fsp3) is 0.214. The Labute approximate surface area is 110 Å². The zero-order valence-corrected chi connectivity index (χ0v) is 10.3. The van der Waals surface area contributed by atoms with Gasteiger partial charge in [-0.15, -0.1) is 0 Å². The largest absolute Gasteiger partial charge is 0.487 e. The zero-order chi connectivity index (χ0) is 13.1. The highest BCUT2D eigenvalue weighted by Crippen LogP contribution is 2.32. The smallest absolute Gasteiger partial charge is 0.231 e. The molecule has 98 valence electrons. The van der Waals surface area contributed by atoms with Crippen molar-refractivity contribution in [1.29, 1.82) is 0 Å². The molecule has 0 radical (unpaired) electrons. The van der Waals surface area contributed by atoms with Crippen molar-refractivity contribution in [2.45, 2.75) is 13.2 Å². The quantitative estimate of drug-likeness (QED) is 0.906. The summed E-state index contributed by atoms with van der Waals surface area (Å²) in [5, 5.41) is 0. The fourth-order valence-corrected chi connectivity index (χ4v) is 1.90. The number of fused-ring (bicyclic) bond motifs is 1. The maximum Gasteiger partial charge on any atom is 0.231 e. The summed E-state index contributed by atoms with van der Waals surface area (Å²) in [5.41, 5.74) is 7.38. The monoisotopic (exact) mass is 258 g/mol. The first-order valence-electron chi connectivity index (χ1n) is 6.02. The van der Waals surface area contributed by atoms with Gasteiger partial charge in [-0.05, 0) is 29.8 Å². The maximum absolute atomic E-state index is 5.73. The van der Waals surface area contributed by atoms with Crippen LogP contribution in [0.5, 0.6) is 17.2 Å². The van der Waals surface area contributed by atoms with Crippen LogP contribution in [0.1, 0.15) is 11.3 Å². The lowest BCUT2D eigenvalue weighted by Gasteiger charge is -2.09. The van der Waals surface area contributed by atoms with E-state index in [-0.39, 0.29) is 6.79 Å². The molecule has 0 fully saturated rings. The van der Waals surface area contributed by atoms with Crippen LogP contribution in [0.3, 0.4) is 0 Å². The Morgan fingerprint density at radius 3 is 3.00 bits per heavy atom. The summed E-state index contributed by atoms with van der Waals surface area (Å²) in [6, 6.07) is 9.44. The molecule has 0 spiro atoms. The first-order valence-corrected chi connectivity index (χ1v) is 6.02. The van der Waals surface area contributed by atoms with Crippen molar-refractivity contribution in [3.8, 4) is 17.2 Å². The predicted molar refractivity (Wildman–Crippen MR) is 69.0 cm³/mol. The molecular weight excluding hydrogens is 244 g/mol. The van der Waals surface area contributed by atoms with Gasteiger partial charge in [0, 0.05) is 12.7 Å². The van der Waals surface area contributed by atoms with Gasteiger partial charge in [0.1, 0.15) is 12.4 Å². The minimum absolute atomic E-state index is 0.277. The molecule has 2 aromatic rings. The topological polar surface area (TPSA) is 66.6 Å². The van der Waals surface area contributed by atoms with E-state index >= 15 is 0 Å².